The van der Waals surface area contributed by atoms with E-state index in [9.17, 15) is 0 Å². The van der Waals surface area contributed by atoms with Crippen molar-refractivity contribution >= 4 is 66.7 Å². The lowest BCUT2D eigenvalue weighted by atomic mass is 9.87. The van der Waals surface area contributed by atoms with Crippen molar-refractivity contribution in [3.05, 3.63) is 230 Å². The van der Waals surface area contributed by atoms with E-state index in [-0.39, 0.29) is 0 Å². The molecule has 64 heavy (non-hydrogen) atoms. The van der Waals surface area contributed by atoms with Crippen molar-refractivity contribution in [3.63, 3.8) is 0 Å². The van der Waals surface area contributed by atoms with Crippen molar-refractivity contribution in [1.82, 2.24) is 9.13 Å². The Morgan fingerprint density at radius 3 is 1.31 bits per heavy atom. The second kappa shape index (κ2) is 15.2. The predicted octanol–water partition coefficient (Wildman–Crippen LogP) is 17.0. The van der Waals surface area contributed by atoms with E-state index < -0.39 is 0 Å². The summed E-state index contributed by atoms with van der Waals surface area (Å²) in [6.45, 7) is 6.11. The fraction of sp³-hybridized carbons (Fsp3) is 0.0164. The van der Waals surface area contributed by atoms with Gasteiger partial charge >= 0.3 is 0 Å². The molecule has 9 aromatic carbocycles. The van der Waals surface area contributed by atoms with Crippen LogP contribution in [-0.2, 0) is 0 Å². The fourth-order valence-electron chi connectivity index (χ4n) is 10.1. The van der Waals surface area contributed by atoms with Crippen LogP contribution >= 0.6 is 0 Å². The normalized spacial score (nSPS) is 11.8. The molecule has 0 radical (unpaired) electrons. The summed E-state index contributed by atoms with van der Waals surface area (Å²) < 4.78 is 11.3. The van der Waals surface area contributed by atoms with E-state index in [1.165, 1.54) is 49.2 Å². The number of para-hydroxylation sites is 5. The molecule has 0 saturated carbocycles. The maximum atomic E-state index is 6.51. The van der Waals surface area contributed by atoms with Crippen molar-refractivity contribution in [2.45, 2.75) is 6.92 Å². The van der Waals surface area contributed by atoms with Crippen molar-refractivity contribution in [1.29, 1.82) is 0 Å². The first-order valence-corrected chi connectivity index (χ1v) is 21.9. The van der Waals surface area contributed by atoms with E-state index in [0.29, 0.717) is 0 Å². The molecule has 0 aliphatic rings. The highest BCUT2D eigenvalue weighted by Crippen LogP contribution is 2.44. The highest BCUT2D eigenvalue weighted by atomic mass is 16.3. The molecule has 3 nitrogen and oxygen atoms in total. The lowest BCUT2D eigenvalue weighted by Crippen LogP contribution is -1.96. The summed E-state index contributed by atoms with van der Waals surface area (Å²) in [5.41, 5.74) is 17.9. The minimum atomic E-state index is 0.821. The number of hydrogen-bond donors (Lipinski definition) is 0. The van der Waals surface area contributed by atoms with Gasteiger partial charge in [-0.15, -0.1) is 0 Å². The molecule has 0 spiro atoms. The van der Waals surface area contributed by atoms with Crippen molar-refractivity contribution in [2.24, 2.45) is 0 Å². The monoisotopic (exact) mass is 818 g/mol. The molecule has 0 bridgehead atoms. The molecule has 12 aromatic rings. The first kappa shape index (κ1) is 37.4. The third kappa shape index (κ3) is 5.90. The SMILES string of the molecule is C=Cc1c(/C=C\C)oc2c(-c3ccc(-c4c(-c5cccc(-n6c7ccccc7c7ccccc76)c5)cccc4-c4cccc(-n5c6ccccc6c6ccccc65)c4)cc3)cccc12. The Morgan fingerprint density at radius 1 is 0.406 bits per heavy atom. The van der Waals surface area contributed by atoms with Gasteiger partial charge in [-0.1, -0.05) is 176 Å². The molecule has 3 heterocycles. The van der Waals surface area contributed by atoms with Gasteiger partial charge < -0.3 is 13.6 Å². The molecule has 0 aliphatic heterocycles. The van der Waals surface area contributed by atoms with E-state index in [1.54, 1.807) is 0 Å². The second-order valence-electron chi connectivity index (χ2n) is 16.4. The number of furan rings is 1. The summed E-state index contributed by atoms with van der Waals surface area (Å²) in [4.78, 5) is 0. The number of aromatic nitrogens is 2. The summed E-state index contributed by atoms with van der Waals surface area (Å²) in [5.74, 6) is 0.821. The Kier molecular flexibility index (Phi) is 8.87. The Labute approximate surface area is 371 Å². The second-order valence-corrected chi connectivity index (χ2v) is 16.4. The lowest BCUT2D eigenvalue weighted by molar-refractivity contribution is 0.604. The lowest BCUT2D eigenvalue weighted by Gasteiger charge is -2.19. The number of fused-ring (bicyclic) bond motifs is 7. The summed E-state index contributed by atoms with van der Waals surface area (Å²) in [6.07, 6.45) is 5.90. The van der Waals surface area contributed by atoms with Crippen LogP contribution in [0.4, 0.5) is 0 Å². The van der Waals surface area contributed by atoms with Crippen LogP contribution in [0, 0.1) is 0 Å². The summed E-state index contributed by atoms with van der Waals surface area (Å²) in [7, 11) is 0. The third-order valence-electron chi connectivity index (χ3n) is 12.8. The van der Waals surface area contributed by atoms with Gasteiger partial charge in [0.05, 0.1) is 22.1 Å². The van der Waals surface area contributed by atoms with Crippen molar-refractivity contribution in [3.8, 4) is 55.9 Å². The fourth-order valence-corrected chi connectivity index (χ4v) is 10.1. The maximum absolute atomic E-state index is 6.51. The van der Waals surface area contributed by atoms with Gasteiger partial charge in [-0.3, -0.25) is 0 Å². The summed E-state index contributed by atoms with van der Waals surface area (Å²) >= 11 is 0. The molecule has 0 saturated heterocycles. The number of rotatable bonds is 8. The smallest absolute Gasteiger partial charge is 0.143 e. The standard InChI is InChI=1S/C61H42N2O/c1-3-17-59-46(4-2)54-29-16-28-49(61(54)64-59)40-34-36-41(37-35-40)60-47(42-18-13-20-44(38-42)62-55-30-9-5-22-50(55)51-23-6-10-31-56(51)62)26-15-27-48(60)43-19-14-21-45(39-43)63-57-32-11-7-24-52(57)53-25-8-12-33-58(53)63/h3-39H,2H2,1H3/b17-3-. The zero-order valence-electron chi connectivity index (χ0n) is 35.4. The maximum Gasteiger partial charge on any atom is 0.143 e. The molecule has 302 valence electrons. The predicted molar refractivity (Wildman–Crippen MR) is 271 cm³/mol. The number of allylic oxidation sites excluding steroid dienone is 1. The summed E-state index contributed by atoms with van der Waals surface area (Å²) in [5, 5.41) is 6.05. The molecule has 12 rings (SSSR count). The van der Waals surface area contributed by atoms with Gasteiger partial charge in [-0.2, -0.15) is 0 Å². The van der Waals surface area contributed by atoms with E-state index in [2.05, 4.69) is 222 Å². The topological polar surface area (TPSA) is 23.0 Å². The number of nitrogens with zero attached hydrogens (tertiary/aromatic N) is 2. The molecule has 0 aliphatic carbocycles. The average molecular weight is 819 g/mol. The van der Waals surface area contributed by atoms with Gasteiger partial charge in [0.1, 0.15) is 11.3 Å². The van der Waals surface area contributed by atoms with Crippen LogP contribution in [0.5, 0.6) is 0 Å². The van der Waals surface area contributed by atoms with Crippen LogP contribution in [0.15, 0.2) is 223 Å². The first-order chi connectivity index (χ1) is 31.7. The van der Waals surface area contributed by atoms with Gasteiger partial charge in [-0.25, -0.2) is 0 Å². The van der Waals surface area contributed by atoms with Crippen LogP contribution in [0.25, 0.3) is 123 Å². The Bertz CT molecular complexity index is 3530. The van der Waals surface area contributed by atoms with Gasteiger partial charge in [0.15, 0.2) is 0 Å². The number of hydrogen-bond acceptors (Lipinski definition) is 1. The van der Waals surface area contributed by atoms with Gasteiger partial charge in [-0.05, 0) is 100 Å². The van der Waals surface area contributed by atoms with Crippen LogP contribution in [0.2, 0.25) is 0 Å². The third-order valence-corrected chi connectivity index (χ3v) is 12.8. The summed E-state index contributed by atoms with van der Waals surface area (Å²) in [6, 6.07) is 75.0. The molecule has 3 aromatic heterocycles. The molecule has 0 N–H and O–H groups in total. The van der Waals surface area contributed by atoms with Gasteiger partial charge in [0.2, 0.25) is 0 Å². The molecule has 0 fully saturated rings. The highest BCUT2D eigenvalue weighted by molar-refractivity contribution is 6.10. The highest BCUT2D eigenvalue weighted by Gasteiger charge is 2.20. The zero-order valence-corrected chi connectivity index (χ0v) is 35.4. The first-order valence-electron chi connectivity index (χ1n) is 21.9. The van der Waals surface area contributed by atoms with E-state index in [1.807, 2.05) is 25.2 Å². The molecular weight excluding hydrogens is 777 g/mol. The van der Waals surface area contributed by atoms with Crippen LogP contribution in [0.1, 0.15) is 18.2 Å². The van der Waals surface area contributed by atoms with Crippen molar-refractivity contribution in [2.75, 3.05) is 0 Å². The van der Waals surface area contributed by atoms with E-state index >= 15 is 0 Å². The minimum absolute atomic E-state index is 0.821. The van der Waals surface area contributed by atoms with Crippen molar-refractivity contribution < 1.29 is 4.42 Å². The van der Waals surface area contributed by atoms with Gasteiger partial charge in [0, 0.05) is 49.4 Å². The molecule has 3 heteroatoms. The van der Waals surface area contributed by atoms with Gasteiger partial charge in [0.25, 0.3) is 0 Å². The zero-order chi connectivity index (χ0) is 42.7. The molecule has 0 atom stereocenters. The van der Waals surface area contributed by atoms with Crippen LogP contribution in [-0.4, -0.2) is 9.13 Å². The Hall–Kier alpha value is -8.40. The molecule has 0 unspecified atom stereocenters. The van der Waals surface area contributed by atoms with Crippen LogP contribution < -0.4 is 0 Å². The largest absolute Gasteiger partial charge is 0.455 e. The molecular formula is C61H42N2O. The molecule has 0 amide bonds. The minimum Gasteiger partial charge on any atom is -0.455 e. The number of benzene rings is 9. The quantitative estimate of drug-likeness (QED) is 0.150. The Balaban J connectivity index is 1.06. The Morgan fingerprint density at radius 2 is 0.828 bits per heavy atom. The van der Waals surface area contributed by atoms with E-state index in [0.717, 1.165) is 72.6 Å². The van der Waals surface area contributed by atoms with Crippen LogP contribution in [0.3, 0.4) is 0 Å². The van der Waals surface area contributed by atoms with E-state index in [4.69, 9.17) is 4.42 Å². The average Bonchev–Trinajstić information content (AvgIpc) is 4.01.